The Kier molecular flexibility index (Phi) is 4.09. The van der Waals surface area contributed by atoms with Gasteiger partial charge in [0.05, 0.1) is 0 Å². The van der Waals surface area contributed by atoms with Gasteiger partial charge in [0.2, 0.25) is 16.8 Å². The van der Waals surface area contributed by atoms with Gasteiger partial charge in [0.25, 0.3) is 10.0 Å². The van der Waals surface area contributed by atoms with Gasteiger partial charge in [-0.25, -0.2) is 17.9 Å². The molecule has 1 heterocycles. The molecule has 3 N–H and O–H groups in total. The standard InChI is InChI=1S/C11H14N2O6S/c14-10(7-1-2-7)12-5-6-13-20(17,18)9-4-3-8(19-9)11(15)16/h3-4,7,13H,1-2,5-6H2,(H,12,14)(H,15,16). The van der Waals surface area contributed by atoms with Gasteiger partial charge in [0.15, 0.2) is 0 Å². The second-order valence-corrected chi connectivity index (χ2v) is 6.08. The molecule has 20 heavy (non-hydrogen) atoms. The van der Waals surface area contributed by atoms with Crippen molar-refractivity contribution in [2.24, 2.45) is 5.92 Å². The van der Waals surface area contributed by atoms with Crippen LogP contribution < -0.4 is 10.0 Å². The van der Waals surface area contributed by atoms with E-state index in [2.05, 4.69) is 10.0 Å². The van der Waals surface area contributed by atoms with Gasteiger partial charge in [-0.15, -0.1) is 0 Å². The molecule has 1 amide bonds. The molecule has 1 aliphatic carbocycles. The smallest absolute Gasteiger partial charge is 0.371 e. The van der Waals surface area contributed by atoms with Crippen molar-refractivity contribution in [3.63, 3.8) is 0 Å². The minimum atomic E-state index is -3.91. The number of hydrogen-bond acceptors (Lipinski definition) is 5. The van der Waals surface area contributed by atoms with E-state index in [1.807, 2.05) is 0 Å². The van der Waals surface area contributed by atoms with Crippen molar-refractivity contribution in [1.82, 2.24) is 10.0 Å². The summed E-state index contributed by atoms with van der Waals surface area (Å²) in [4.78, 5) is 21.9. The summed E-state index contributed by atoms with van der Waals surface area (Å²) in [7, 11) is -3.91. The number of furan rings is 1. The van der Waals surface area contributed by atoms with Crippen molar-refractivity contribution < 1.29 is 27.5 Å². The first-order chi connectivity index (χ1) is 9.40. The highest BCUT2D eigenvalue weighted by Gasteiger charge is 2.29. The molecule has 0 bridgehead atoms. The summed E-state index contributed by atoms with van der Waals surface area (Å²) in [6.45, 7) is 0.172. The highest BCUT2D eigenvalue weighted by Crippen LogP contribution is 2.28. The van der Waals surface area contributed by atoms with Crippen molar-refractivity contribution in [1.29, 1.82) is 0 Å². The van der Waals surface area contributed by atoms with Gasteiger partial charge in [-0.1, -0.05) is 0 Å². The van der Waals surface area contributed by atoms with Crippen LogP contribution in [0.4, 0.5) is 0 Å². The molecule has 0 spiro atoms. The number of carboxylic acids is 1. The van der Waals surface area contributed by atoms with Gasteiger partial charge in [-0.05, 0) is 25.0 Å². The highest BCUT2D eigenvalue weighted by molar-refractivity contribution is 7.89. The fraction of sp³-hybridized carbons (Fsp3) is 0.455. The molecule has 0 aromatic carbocycles. The van der Waals surface area contributed by atoms with E-state index in [9.17, 15) is 18.0 Å². The predicted molar refractivity (Wildman–Crippen MR) is 66.6 cm³/mol. The van der Waals surface area contributed by atoms with Gasteiger partial charge in [0, 0.05) is 19.0 Å². The van der Waals surface area contributed by atoms with Crippen LogP contribution in [0.5, 0.6) is 0 Å². The summed E-state index contributed by atoms with van der Waals surface area (Å²) < 4.78 is 30.4. The Bertz CT molecular complexity index is 617. The second-order valence-electron chi connectivity index (χ2n) is 4.39. The summed E-state index contributed by atoms with van der Waals surface area (Å²) in [5, 5.41) is 10.8. The largest absolute Gasteiger partial charge is 0.475 e. The summed E-state index contributed by atoms with van der Waals surface area (Å²) in [5.41, 5.74) is 0. The number of hydrogen-bond donors (Lipinski definition) is 3. The molecule has 0 unspecified atom stereocenters. The Morgan fingerprint density at radius 3 is 2.55 bits per heavy atom. The summed E-state index contributed by atoms with van der Waals surface area (Å²) >= 11 is 0. The molecular weight excluding hydrogens is 288 g/mol. The molecule has 1 saturated carbocycles. The van der Waals surface area contributed by atoms with E-state index < -0.39 is 26.8 Å². The zero-order valence-corrected chi connectivity index (χ0v) is 11.3. The van der Waals surface area contributed by atoms with Crippen LogP contribution in [-0.2, 0) is 14.8 Å². The Morgan fingerprint density at radius 1 is 1.30 bits per heavy atom. The average molecular weight is 302 g/mol. The van der Waals surface area contributed by atoms with E-state index in [0.29, 0.717) is 0 Å². The van der Waals surface area contributed by atoms with Crippen LogP contribution in [0.1, 0.15) is 23.4 Å². The van der Waals surface area contributed by atoms with Crippen molar-refractivity contribution >= 4 is 21.9 Å². The lowest BCUT2D eigenvalue weighted by atomic mass is 10.4. The van der Waals surface area contributed by atoms with Crippen LogP contribution in [-0.4, -0.2) is 38.5 Å². The molecule has 9 heteroatoms. The van der Waals surface area contributed by atoms with E-state index >= 15 is 0 Å². The lowest BCUT2D eigenvalue weighted by molar-refractivity contribution is -0.122. The predicted octanol–water partition coefficient (Wildman–Crippen LogP) is -0.218. The first-order valence-electron chi connectivity index (χ1n) is 6.00. The summed E-state index contributed by atoms with van der Waals surface area (Å²) in [5.74, 6) is -1.80. The van der Waals surface area contributed by atoms with Crippen LogP contribution in [0.2, 0.25) is 0 Å². The molecular formula is C11H14N2O6S. The maximum Gasteiger partial charge on any atom is 0.371 e. The Balaban J connectivity index is 1.83. The lowest BCUT2D eigenvalue weighted by Gasteiger charge is -2.05. The normalized spacial score (nSPS) is 15.0. The van der Waals surface area contributed by atoms with Gasteiger partial charge in [-0.2, -0.15) is 0 Å². The van der Waals surface area contributed by atoms with Crippen molar-refractivity contribution in [2.45, 2.75) is 17.9 Å². The molecule has 1 fully saturated rings. The zero-order valence-electron chi connectivity index (χ0n) is 10.5. The number of aromatic carboxylic acids is 1. The zero-order chi connectivity index (χ0) is 14.8. The summed E-state index contributed by atoms with van der Waals surface area (Å²) in [6.07, 6.45) is 1.75. The van der Waals surface area contributed by atoms with E-state index in [1.165, 1.54) is 0 Å². The van der Waals surface area contributed by atoms with Crippen molar-refractivity contribution in [3.8, 4) is 0 Å². The third kappa shape index (κ3) is 3.58. The number of carbonyl (C=O) groups excluding carboxylic acids is 1. The van der Waals surface area contributed by atoms with E-state index in [0.717, 1.165) is 25.0 Å². The second kappa shape index (κ2) is 5.63. The molecule has 110 valence electrons. The average Bonchev–Trinajstić information content (AvgIpc) is 3.10. The van der Waals surface area contributed by atoms with Crippen molar-refractivity contribution in [2.75, 3.05) is 13.1 Å². The molecule has 0 radical (unpaired) electrons. The molecule has 1 aliphatic rings. The fourth-order valence-corrected chi connectivity index (χ4v) is 2.47. The van der Waals surface area contributed by atoms with Crippen LogP contribution in [0.25, 0.3) is 0 Å². The maximum absolute atomic E-state index is 11.7. The number of carboxylic acid groups (broad SMARTS) is 1. The SMILES string of the molecule is O=C(O)c1ccc(S(=O)(=O)NCCNC(=O)C2CC2)o1. The van der Waals surface area contributed by atoms with Gasteiger partial charge >= 0.3 is 5.97 Å². The minimum absolute atomic E-state index is 0.00387. The molecule has 0 aliphatic heterocycles. The lowest BCUT2D eigenvalue weighted by Crippen LogP contribution is -2.35. The van der Waals surface area contributed by atoms with Crippen molar-refractivity contribution in [3.05, 3.63) is 17.9 Å². The van der Waals surface area contributed by atoms with Gasteiger partial charge < -0.3 is 14.8 Å². The Labute approximate surface area is 115 Å². The molecule has 0 saturated heterocycles. The van der Waals surface area contributed by atoms with Crippen LogP contribution in [0, 0.1) is 5.92 Å². The van der Waals surface area contributed by atoms with Gasteiger partial charge in [-0.3, -0.25) is 4.79 Å². The topological polar surface area (TPSA) is 126 Å². The van der Waals surface area contributed by atoms with Crippen LogP contribution >= 0.6 is 0 Å². The first kappa shape index (κ1) is 14.5. The molecule has 1 aromatic heterocycles. The molecule has 1 aromatic rings. The Hall–Kier alpha value is -1.87. The number of amides is 1. The van der Waals surface area contributed by atoms with E-state index in [1.54, 1.807) is 0 Å². The first-order valence-corrected chi connectivity index (χ1v) is 7.49. The number of sulfonamides is 1. The number of carbonyl (C=O) groups is 2. The number of rotatable bonds is 7. The number of nitrogens with one attached hydrogen (secondary N) is 2. The fourth-order valence-electron chi connectivity index (χ4n) is 1.51. The monoisotopic (exact) mass is 302 g/mol. The highest BCUT2D eigenvalue weighted by atomic mass is 32.2. The quantitative estimate of drug-likeness (QED) is 0.598. The third-order valence-electron chi connectivity index (χ3n) is 2.72. The molecule has 8 nitrogen and oxygen atoms in total. The maximum atomic E-state index is 11.7. The third-order valence-corrected chi connectivity index (χ3v) is 4.05. The van der Waals surface area contributed by atoms with Crippen LogP contribution in [0.3, 0.4) is 0 Å². The van der Waals surface area contributed by atoms with E-state index in [-0.39, 0.29) is 24.9 Å². The van der Waals surface area contributed by atoms with Gasteiger partial charge in [0.1, 0.15) is 0 Å². The molecule has 0 atom stereocenters. The summed E-state index contributed by atoms with van der Waals surface area (Å²) in [6, 6.07) is 2.13. The van der Waals surface area contributed by atoms with Crippen LogP contribution in [0.15, 0.2) is 21.6 Å². The van der Waals surface area contributed by atoms with E-state index in [4.69, 9.17) is 9.52 Å². The minimum Gasteiger partial charge on any atom is -0.475 e. The Morgan fingerprint density at radius 2 is 2.00 bits per heavy atom. The molecule has 2 rings (SSSR count).